The molecule has 0 aliphatic heterocycles. The summed E-state index contributed by atoms with van der Waals surface area (Å²) in [7, 11) is 0. The van der Waals surface area contributed by atoms with E-state index in [1.165, 1.54) is 66.1 Å². The van der Waals surface area contributed by atoms with Gasteiger partial charge in [-0.3, -0.25) is 0 Å². The summed E-state index contributed by atoms with van der Waals surface area (Å²) in [5.74, 6) is 0. The van der Waals surface area contributed by atoms with Gasteiger partial charge >= 0.3 is 0 Å². The largest absolute Gasteiger partial charge is 0.361 e. The first-order chi connectivity index (χ1) is 14.1. The lowest BCUT2D eigenvalue weighted by Crippen LogP contribution is -2.42. The molecule has 0 amide bonds. The van der Waals surface area contributed by atoms with Crippen molar-refractivity contribution in [2.24, 2.45) is 0 Å². The number of nitrogens with zero attached hydrogens (tertiary/aromatic N) is 1. The molecule has 29 heavy (non-hydrogen) atoms. The number of aromatic amines is 1. The van der Waals surface area contributed by atoms with Crippen LogP contribution in [0.15, 0.2) is 48.7 Å². The lowest BCUT2D eigenvalue weighted by molar-refractivity contribution is 0.281. The zero-order valence-corrected chi connectivity index (χ0v) is 18.3. The van der Waals surface area contributed by atoms with Crippen LogP contribution < -0.4 is 5.32 Å². The van der Waals surface area contributed by atoms with Gasteiger partial charge in [0.25, 0.3) is 0 Å². The number of benzene rings is 2. The number of nitrogens with one attached hydrogen (secondary N) is 2. The van der Waals surface area contributed by atoms with Gasteiger partial charge < -0.3 is 15.2 Å². The van der Waals surface area contributed by atoms with E-state index in [4.69, 9.17) is 12.2 Å². The number of aromatic nitrogens is 1. The lowest BCUT2D eigenvalue weighted by atomic mass is 10.1. The van der Waals surface area contributed by atoms with Crippen LogP contribution in [-0.2, 0) is 6.54 Å². The molecule has 4 heteroatoms. The number of thiocarbonyl (C=S) groups is 1. The predicted octanol–water partition coefficient (Wildman–Crippen LogP) is 6.71. The Hall–Kier alpha value is -2.33. The third-order valence-corrected chi connectivity index (χ3v) is 6.51. The van der Waals surface area contributed by atoms with Gasteiger partial charge in [-0.15, -0.1) is 0 Å². The Morgan fingerprint density at radius 1 is 1.07 bits per heavy atom. The van der Waals surface area contributed by atoms with E-state index in [1.807, 2.05) is 0 Å². The highest BCUT2D eigenvalue weighted by Gasteiger charge is 2.24. The highest BCUT2D eigenvalue weighted by Crippen LogP contribution is 2.27. The summed E-state index contributed by atoms with van der Waals surface area (Å²) in [5.41, 5.74) is 6.10. The fourth-order valence-electron chi connectivity index (χ4n) is 4.44. The van der Waals surface area contributed by atoms with Crippen molar-refractivity contribution in [1.82, 2.24) is 9.88 Å². The van der Waals surface area contributed by atoms with Gasteiger partial charge in [-0.2, -0.15) is 0 Å². The predicted molar refractivity (Wildman–Crippen MR) is 127 cm³/mol. The Morgan fingerprint density at radius 3 is 2.62 bits per heavy atom. The molecule has 1 aromatic heterocycles. The molecule has 2 N–H and O–H groups in total. The summed E-state index contributed by atoms with van der Waals surface area (Å²) in [6.45, 7) is 5.11. The van der Waals surface area contributed by atoms with E-state index >= 15 is 0 Å². The first kappa shape index (κ1) is 20.0. The van der Waals surface area contributed by atoms with Gasteiger partial charge in [0, 0.05) is 35.4 Å². The molecule has 1 aliphatic rings. The lowest BCUT2D eigenvalue weighted by Gasteiger charge is -2.34. The molecule has 0 atom stereocenters. The first-order valence-electron chi connectivity index (χ1n) is 10.8. The molecule has 0 saturated heterocycles. The molecule has 0 spiro atoms. The maximum atomic E-state index is 5.99. The number of H-pyrrole nitrogens is 1. The van der Waals surface area contributed by atoms with Gasteiger partial charge in [-0.05, 0) is 67.7 Å². The molecule has 1 saturated carbocycles. The molecule has 1 heterocycles. The fourth-order valence-corrected chi connectivity index (χ4v) is 4.76. The molecule has 152 valence electrons. The Labute approximate surface area is 179 Å². The van der Waals surface area contributed by atoms with E-state index in [9.17, 15) is 0 Å². The molecule has 1 fully saturated rings. The van der Waals surface area contributed by atoms with E-state index in [0.717, 1.165) is 17.3 Å². The van der Waals surface area contributed by atoms with Gasteiger partial charge in [-0.25, -0.2) is 0 Å². The zero-order valence-electron chi connectivity index (χ0n) is 17.5. The third-order valence-electron chi connectivity index (χ3n) is 6.18. The van der Waals surface area contributed by atoms with E-state index in [-0.39, 0.29) is 0 Å². The maximum absolute atomic E-state index is 5.99. The van der Waals surface area contributed by atoms with Crippen LogP contribution in [0.25, 0.3) is 10.9 Å². The van der Waals surface area contributed by atoms with Crippen molar-refractivity contribution in [3.63, 3.8) is 0 Å². The summed E-state index contributed by atoms with van der Waals surface area (Å²) >= 11 is 5.99. The van der Waals surface area contributed by atoms with Crippen molar-refractivity contribution in [1.29, 1.82) is 0 Å². The summed E-state index contributed by atoms with van der Waals surface area (Å²) in [5, 5.41) is 5.71. The summed E-state index contributed by atoms with van der Waals surface area (Å²) < 4.78 is 0. The van der Waals surface area contributed by atoms with Crippen LogP contribution in [0.5, 0.6) is 0 Å². The van der Waals surface area contributed by atoms with E-state index in [2.05, 4.69) is 77.7 Å². The normalized spacial score (nSPS) is 15.2. The van der Waals surface area contributed by atoms with E-state index in [1.54, 1.807) is 0 Å². The van der Waals surface area contributed by atoms with Gasteiger partial charge in [0.05, 0.1) is 0 Å². The topological polar surface area (TPSA) is 31.1 Å². The summed E-state index contributed by atoms with van der Waals surface area (Å²) in [4.78, 5) is 5.87. The van der Waals surface area contributed by atoms with Gasteiger partial charge in [0.15, 0.2) is 5.11 Å². The molecule has 0 bridgehead atoms. The molecule has 3 aromatic rings. The fraction of sp³-hybridized carbons (Fsp3) is 0.400. The Morgan fingerprint density at radius 2 is 1.83 bits per heavy atom. The number of hydrogen-bond acceptors (Lipinski definition) is 1. The van der Waals surface area contributed by atoms with Crippen molar-refractivity contribution in [2.75, 3.05) is 5.32 Å². The SMILES string of the molecule is Cc1ccc(C)c(NC(=S)N(Cc2c[nH]c3ccccc23)C2CCCCCC2)c1. The van der Waals surface area contributed by atoms with Crippen LogP contribution in [0.2, 0.25) is 0 Å². The second-order valence-electron chi connectivity index (χ2n) is 8.38. The molecule has 3 nitrogen and oxygen atoms in total. The average Bonchev–Trinajstić information content (AvgIpc) is 2.93. The van der Waals surface area contributed by atoms with E-state index < -0.39 is 0 Å². The zero-order chi connectivity index (χ0) is 20.2. The Bertz CT molecular complexity index is 983. The number of rotatable bonds is 4. The molecule has 0 unspecified atom stereocenters. The van der Waals surface area contributed by atoms with Crippen molar-refractivity contribution >= 4 is 33.9 Å². The number of fused-ring (bicyclic) bond motifs is 1. The Kier molecular flexibility index (Phi) is 6.19. The second kappa shape index (κ2) is 9.00. The van der Waals surface area contributed by atoms with Crippen LogP contribution >= 0.6 is 12.2 Å². The quantitative estimate of drug-likeness (QED) is 0.374. The monoisotopic (exact) mass is 405 g/mol. The van der Waals surface area contributed by atoms with Gasteiger partial charge in [-0.1, -0.05) is 56.0 Å². The number of para-hydroxylation sites is 1. The minimum Gasteiger partial charge on any atom is -0.361 e. The van der Waals surface area contributed by atoms with Crippen molar-refractivity contribution < 1.29 is 0 Å². The van der Waals surface area contributed by atoms with Crippen molar-refractivity contribution in [2.45, 2.75) is 65.0 Å². The molecular weight excluding hydrogens is 374 g/mol. The first-order valence-corrected chi connectivity index (χ1v) is 11.2. The van der Waals surface area contributed by atoms with Crippen LogP contribution in [0.1, 0.15) is 55.2 Å². The van der Waals surface area contributed by atoms with Crippen LogP contribution in [0.3, 0.4) is 0 Å². The summed E-state index contributed by atoms with van der Waals surface area (Å²) in [6, 6.07) is 15.5. The average molecular weight is 406 g/mol. The van der Waals surface area contributed by atoms with Crippen LogP contribution in [-0.4, -0.2) is 21.0 Å². The second-order valence-corrected chi connectivity index (χ2v) is 8.77. The molecule has 0 radical (unpaired) electrons. The van der Waals surface area contributed by atoms with Gasteiger partial charge in [0.2, 0.25) is 0 Å². The van der Waals surface area contributed by atoms with Crippen LogP contribution in [0.4, 0.5) is 5.69 Å². The Balaban J connectivity index is 1.62. The molecule has 2 aromatic carbocycles. The third kappa shape index (κ3) is 4.64. The maximum Gasteiger partial charge on any atom is 0.173 e. The standard InChI is InChI=1S/C25H31N3S/c1-18-13-14-19(2)24(15-18)27-25(29)28(21-9-5-3-4-6-10-21)17-20-16-26-23-12-8-7-11-22(20)23/h7-8,11-16,21,26H,3-6,9-10,17H2,1-2H3,(H,27,29). The highest BCUT2D eigenvalue weighted by molar-refractivity contribution is 7.80. The number of aryl methyl sites for hydroxylation is 2. The number of hydrogen-bond donors (Lipinski definition) is 2. The van der Waals surface area contributed by atoms with Crippen LogP contribution in [0, 0.1) is 13.8 Å². The van der Waals surface area contributed by atoms with Crippen molar-refractivity contribution in [3.8, 4) is 0 Å². The van der Waals surface area contributed by atoms with Gasteiger partial charge in [0.1, 0.15) is 0 Å². The summed E-state index contributed by atoms with van der Waals surface area (Å²) in [6.07, 6.45) is 9.86. The molecule has 1 aliphatic carbocycles. The minimum atomic E-state index is 0.497. The molecular formula is C25H31N3S. The highest BCUT2D eigenvalue weighted by atomic mass is 32.1. The minimum absolute atomic E-state index is 0.497. The number of anilines is 1. The molecule has 4 rings (SSSR count). The smallest absolute Gasteiger partial charge is 0.173 e. The van der Waals surface area contributed by atoms with E-state index in [0.29, 0.717) is 6.04 Å². The van der Waals surface area contributed by atoms with Crippen molar-refractivity contribution in [3.05, 3.63) is 65.4 Å².